The van der Waals surface area contributed by atoms with Crippen LogP contribution in [0.4, 0.5) is 5.69 Å². The molecule has 1 aromatic heterocycles. The summed E-state index contributed by atoms with van der Waals surface area (Å²) in [5.41, 5.74) is 1.76. The maximum atomic E-state index is 12.7. The number of amides is 2. The van der Waals surface area contributed by atoms with Gasteiger partial charge in [-0.2, -0.15) is 4.31 Å². The molecule has 156 valence electrons. The van der Waals surface area contributed by atoms with E-state index >= 15 is 0 Å². The minimum absolute atomic E-state index is 0.131. The topological polar surface area (TPSA) is 95.6 Å². The van der Waals surface area contributed by atoms with Crippen LogP contribution in [0.25, 0.3) is 0 Å². The first kappa shape index (κ1) is 21.5. The highest BCUT2D eigenvalue weighted by Gasteiger charge is 2.33. The number of piperidine rings is 1. The Kier molecular flexibility index (Phi) is 7.05. The SMILES string of the molecule is CCc1ccccc1NC(=O)CNC(=O)C1CCCN(S(=O)(=O)c2cccs2)C1. The van der Waals surface area contributed by atoms with Crippen molar-refractivity contribution in [2.75, 3.05) is 25.0 Å². The summed E-state index contributed by atoms with van der Waals surface area (Å²) in [6.45, 7) is 2.39. The molecule has 9 heteroatoms. The average molecular weight is 436 g/mol. The van der Waals surface area contributed by atoms with E-state index in [0.717, 1.165) is 17.7 Å². The fourth-order valence-corrected chi connectivity index (χ4v) is 6.04. The van der Waals surface area contributed by atoms with Crippen LogP contribution in [0.15, 0.2) is 46.0 Å². The Hall–Kier alpha value is -2.23. The molecule has 1 unspecified atom stereocenters. The molecule has 0 radical (unpaired) electrons. The van der Waals surface area contributed by atoms with Crippen LogP contribution in [0, 0.1) is 5.92 Å². The second kappa shape index (κ2) is 9.51. The summed E-state index contributed by atoms with van der Waals surface area (Å²) in [4.78, 5) is 24.7. The van der Waals surface area contributed by atoms with Crippen LogP contribution in [0.3, 0.4) is 0 Å². The van der Waals surface area contributed by atoms with Gasteiger partial charge < -0.3 is 10.6 Å². The van der Waals surface area contributed by atoms with Gasteiger partial charge in [0.05, 0.1) is 12.5 Å². The summed E-state index contributed by atoms with van der Waals surface area (Å²) in [6.07, 6.45) is 2.00. The molecule has 3 rings (SSSR count). The Balaban J connectivity index is 1.54. The molecule has 0 saturated carbocycles. The predicted molar refractivity (Wildman–Crippen MR) is 113 cm³/mol. The summed E-state index contributed by atoms with van der Waals surface area (Å²) >= 11 is 1.17. The smallest absolute Gasteiger partial charge is 0.252 e. The van der Waals surface area contributed by atoms with Crippen molar-refractivity contribution in [3.63, 3.8) is 0 Å². The zero-order valence-corrected chi connectivity index (χ0v) is 17.9. The van der Waals surface area contributed by atoms with E-state index in [4.69, 9.17) is 0 Å². The number of hydrogen-bond donors (Lipinski definition) is 2. The highest BCUT2D eigenvalue weighted by Crippen LogP contribution is 2.26. The zero-order valence-electron chi connectivity index (χ0n) is 16.3. The Morgan fingerprint density at radius 1 is 1.21 bits per heavy atom. The molecule has 1 fully saturated rings. The van der Waals surface area contributed by atoms with Crippen LogP contribution in [-0.4, -0.2) is 44.2 Å². The highest BCUT2D eigenvalue weighted by atomic mass is 32.2. The van der Waals surface area contributed by atoms with Gasteiger partial charge in [0.25, 0.3) is 10.0 Å². The van der Waals surface area contributed by atoms with Crippen molar-refractivity contribution in [2.24, 2.45) is 5.92 Å². The molecule has 0 spiro atoms. The lowest BCUT2D eigenvalue weighted by atomic mass is 9.99. The molecule has 2 aromatic rings. The molecule has 1 aromatic carbocycles. The Labute approximate surface area is 175 Å². The average Bonchev–Trinajstić information content (AvgIpc) is 3.28. The van der Waals surface area contributed by atoms with Crippen LogP contribution in [-0.2, 0) is 26.0 Å². The number of carbonyl (C=O) groups is 2. The minimum Gasteiger partial charge on any atom is -0.347 e. The largest absolute Gasteiger partial charge is 0.347 e. The van der Waals surface area contributed by atoms with Crippen LogP contribution >= 0.6 is 11.3 Å². The van der Waals surface area contributed by atoms with Crippen molar-refractivity contribution < 1.29 is 18.0 Å². The predicted octanol–water partition coefficient (Wildman–Crippen LogP) is 2.47. The van der Waals surface area contributed by atoms with Gasteiger partial charge in [-0.1, -0.05) is 31.2 Å². The summed E-state index contributed by atoms with van der Waals surface area (Å²) in [5.74, 6) is -1.07. The van der Waals surface area contributed by atoms with Crippen molar-refractivity contribution in [3.8, 4) is 0 Å². The first-order valence-corrected chi connectivity index (χ1v) is 11.9. The van der Waals surface area contributed by atoms with Crippen LogP contribution in [0.2, 0.25) is 0 Å². The van der Waals surface area contributed by atoms with Gasteiger partial charge in [0.2, 0.25) is 11.8 Å². The van der Waals surface area contributed by atoms with Gasteiger partial charge in [0.15, 0.2) is 0 Å². The number of rotatable bonds is 7. The van der Waals surface area contributed by atoms with Crippen molar-refractivity contribution in [1.82, 2.24) is 9.62 Å². The van der Waals surface area contributed by atoms with E-state index in [-0.39, 0.29) is 29.1 Å². The van der Waals surface area contributed by atoms with Crippen molar-refractivity contribution in [2.45, 2.75) is 30.4 Å². The van der Waals surface area contributed by atoms with Crippen LogP contribution < -0.4 is 10.6 Å². The molecule has 1 aliphatic heterocycles. The summed E-state index contributed by atoms with van der Waals surface area (Å²) in [5, 5.41) is 7.18. The number of hydrogen-bond acceptors (Lipinski definition) is 5. The number of anilines is 1. The second-order valence-electron chi connectivity index (χ2n) is 6.91. The van der Waals surface area contributed by atoms with Gasteiger partial charge in [-0.3, -0.25) is 9.59 Å². The fourth-order valence-electron chi connectivity index (χ4n) is 3.37. The first-order valence-electron chi connectivity index (χ1n) is 9.61. The lowest BCUT2D eigenvalue weighted by Crippen LogP contribution is -2.46. The van der Waals surface area contributed by atoms with Gasteiger partial charge in [0.1, 0.15) is 4.21 Å². The lowest BCUT2D eigenvalue weighted by molar-refractivity contribution is -0.128. The van der Waals surface area contributed by atoms with Crippen molar-refractivity contribution in [3.05, 3.63) is 47.3 Å². The maximum absolute atomic E-state index is 12.7. The van der Waals surface area contributed by atoms with Crippen molar-refractivity contribution in [1.29, 1.82) is 0 Å². The lowest BCUT2D eigenvalue weighted by Gasteiger charge is -2.30. The van der Waals surface area contributed by atoms with Crippen molar-refractivity contribution >= 4 is 38.9 Å². The summed E-state index contributed by atoms with van der Waals surface area (Å²) in [6, 6.07) is 10.8. The van der Waals surface area contributed by atoms with E-state index in [0.29, 0.717) is 19.4 Å². The van der Waals surface area contributed by atoms with E-state index in [1.54, 1.807) is 17.5 Å². The minimum atomic E-state index is -3.57. The molecule has 2 amide bonds. The number of nitrogens with zero attached hydrogens (tertiary/aromatic N) is 1. The second-order valence-corrected chi connectivity index (χ2v) is 10.0. The van der Waals surface area contributed by atoms with Crippen LogP contribution in [0.5, 0.6) is 0 Å². The number of benzene rings is 1. The Morgan fingerprint density at radius 2 is 2.00 bits per heavy atom. The number of thiophene rings is 1. The van der Waals surface area contributed by atoms with E-state index < -0.39 is 15.9 Å². The number of para-hydroxylation sites is 1. The third-order valence-electron chi connectivity index (χ3n) is 4.94. The molecule has 29 heavy (non-hydrogen) atoms. The summed E-state index contributed by atoms with van der Waals surface area (Å²) < 4.78 is 27.0. The fraction of sp³-hybridized carbons (Fsp3) is 0.400. The van der Waals surface area contributed by atoms with Gasteiger partial charge in [-0.05, 0) is 42.3 Å². The molecule has 1 atom stereocenters. The molecular formula is C20H25N3O4S2. The monoisotopic (exact) mass is 435 g/mol. The standard InChI is InChI=1S/C20H25N3O4S2/c1-2-15-7-3-4-9-17(15)22-18(24)13-21-20(25)16-8-5-11-23(14-16)29(26,27)19-10-6-12-28-19/h3-4,6-7,9-10,12,16H,2,5,8,11,13-14H2,1H3,(H,21,25)(H,22,24). The molecule has 0 aliphatic carbocycles. The Morgan fingerprint density at radius 3 is 2.72 bits per heavy atom. The van der Waals surface area contributed by atoms with E-state index in [1.807, 2.05) is 31.2 Å². The van der Waals surface area contributed by atoms with Gasteiger partial charge in [-0.25, -0.2) is 8.42 Å². The quantitative estimate of drug-likeness (QED) is 0.698. The summed E-state index contributed by atoms with van der Waals surface area (Å²) in [7, 11) is -3.57. The number of carbonyl (C=O) groups excluding carboxylic acids is 2. The molecule has 2 heterocycles. The van der Waals surface area contributed by atoms with E-state index in [1.165, 1.54) is 15.6 Å². The van der Waals surface area contributed by atoms with Gasteiger partial charge in [0, 0.05) is 18.8 Å². The first-order chi connectivity index (χ1) is 13.9. The van der Waals surface area contributed by atoms with Gasteiger partial charge in [-0.15, -0.1) is 11.3 Å². The molecule has 7 nitrogen and oxygen atoms in total. The number of nitrogens with one attached hydrogen (secondary N) is 2. The molecule has 1 aliphatic rings. The maximum Gasteiger partial charge on any atom is 0.252 e. The van der Waals surface area contributed by atoms with Gasteiger partial charge >= 0.3 is 0 Å². The molecule has 1 saturated heterocycles. The Bertz CT molecular complexity index is 958. The number of sulfonamides is 1. The molecule has 2 N–H and O–H groups in total. The van der Waals surface area contributed by atoms with Crippen LogP contribution in [0.1, 0.15) is 25.3 Å². The number of aryl methyl sites for hydroxylation is 1. The molecular weight excluding hydrogens is 410 g/mol. The normalized spacial score (nSPS) is 17.6. The zero-order chi connectivity index (χ0) is 20.9. The molecule has 0 bridgehead atoms. The third-order valence-corrected chi connectivity index (χ3v) is 8.18. The van der Waals surface area contributed by atoms with E-state index in [2.05, 4.69) is 10.6 Å². The van der Waals surface area contributed by atoms with E-state index in [9.17, 15) is 18.0 Å². The third kappa shape index (κ3) is 5.23. The highest BCUT2D eigenvalue weighted by molar-refractivity contribution is 7.91.